The minimum Gasteiger partial charge on any atom is -0.478 e. The third-order valence-electron chi connectivity index (χ3n) is 2.10. The van der Waals surface area contributed by atoms with E-state index in [9.17, 15) is 0 Å². The third kappa shape index (κ3) is 1.94. The molecule has 2 aromatic heterocycles. The number of nitrogens with two attached hydrogens (primary N) is 1. The molecule has 86 valence electrons. The van der Waals surface area contributed by atoms with Gasteiger partial charge in [0.05, 0.1) is 7.11 Å². The molecule has 0 aliphatic heterocycles. The minimum absolute atomic E-state index is 0.00494. The SMILES string of the molecule is COc1nc(Cl)cn2c(CC(C)N)nnc12. The second-order valence-corrected chi connectivity index (χ2v) is 3.95. The van der Waals surface area contributed by atoms with E-state index < -0.39 is 0 Å². The molecular weight excluding hydrogens is 230 g/mol. The number of methoxy groups -OCH3 is 1. The molecule has 6 nitrogen and oxygen atoms in total. The van der Waals surface area contributed by atoms with Crippen molar-refractivity contribution in [3.8, 4) is 5.88 Å². The van der Waals surface area contributed by atoms with E-state index >= 15 is 0 Å². The first-order valence-corrected chi connectivity index (χ1v) is 5.19. The lowest BCUT2D eigenvalue weighted by atomic mass is 10.2. The summed E-state index contributed by atoms with van der Waals surface area (Å²) in [5.41, 5.74) is 6.27. The first kappa shape index (κ1) is 11.1. The first-order chi connectivity index (χ1) is 7.61. The van der Waals surface area contributed by atoms with Gasteiger partial charge in [0.2, 0.25) is 5.65 Å². The molecule has 0 fully saturated rings. The molecule has 0 aliphatic carbocycles. The molecule has 2 heterocycles. The summed E-state index contributed by atoms with van der Waals surface area (Å²) in [5, 5.41) is 8.36. The molecule has 0 saturated carbocycles. The summed E-state index contributed by atoms with van der Waals surface area (Å²) in [5.74, 6) is 1.10. The monoisotopic (exact) mass is 241 g/mol. The van der Waals surface area contributed by atoms with E-state index in [1.807, 2.05) is 6.92 Å². The number of halogens is 1. The second kappa shape index (κ2) is 4.23. The summed E-state index contributed by atoms with van der Waals surface area (Å²) in [6.07, 6.45) is 2.27. The number of rotatable bonds is 3. The van der Waals surface area contributed by atoms with Crippen LogP contribution in [0.15, 0.2) is 6.20 Å². The molecule has 16 heavy (non-hydrogen) atoms. The van der Waals surface area contributed by atoms with Gasteiger partial charge < -0.3 is 10.5 Å². The van der Waals surface area contributed by atoms with E-state index in [0.29, 0.717) is 23.1 Å². The Morgan fingerprint density at radius 3 is 2.94 bits per heavy atom. The Hall–Kier alpha value is -1.40. The lowest BCUT2D eigenvalue weighted by molar-refractivity contribution is 0.400. The Labute approximate surface area is 97.4 Å². The Balaban J connectivity index is 2.58. The number of hydrogen-bond acceptors (Lipinski definition) is 5. The van der Waals surface area contributed by atoms with Crippen molar-refractivity contribution >= 4 is 17.2 Å². The van der Waals surface area contributed by atoms with Crippen molar-refractivity contribution < 1.29 is 4.74 Å². The molecule has 2 aromatic rings. The largest absolute Gasteiger partial charge is 0.478 e. The van der Waals surface area contributed by atoms with E-state index in [1.54, 1.807) is 10.6 Å². The molecule has 0 aliphatic rings. The Morgan fingerprint density at radius 1 is 1.56 bits per heavy atom. The van der Waals surface area contributed by atoms with Crippen LogP contribution in [-0.4, -0.2) is 32.7 Å². The highest BCUT2D eigenvalue weighted by Crippen LogP contribution is 2.19. The molecule has 0 amide bonds. The second-order valence-electron chi connectivity index (χ2n) is 3.56. The van der Waals surface area contributed by atoms with Crippen LogP contribution in [0.1, 0.15) is 12.7 Å². The van der Waals surface area contributed by atoms with E-state index in [0.717, 1.165) is 5.82 Å². The van der Waals surface area contributed by atoms with Crippen molar-refractivity contribution in [1.82, 2.24) is 19.6 Å². The van der Waals surface area contributed by atoms with Gasteiger partial charge in [0.25, 0.3) is 5.88 Å². The van der Waals surface area contributed by atoms with Crippen LogP contribution >= 0.6 is 11.6 Å². The van der Waals surface area contributed by atoms with Crippen molar-refractivity contribution in [2.24, 2.45) is 5.73 Å². The highest BCUT2D eigenvalue weighted by molar-refractivity contribution is 6.29. The molecule has 2 N–H and O–H groups in total. The molecule has 2 rings (SSSR count). The summed E-state index contributed by atoms with van der Waals surface area (Å²) >= 11 is 5.87. The molecule has 0 spiro atoms. The van der Waals surface area contributed by atoms with Gasteiger partial charge in [-0.15, -0.1) is 10.2 Å². The number of fused-ring (bicyclic) bond motifs is 1. The molecular formula is C9H12ClN5O. The number of nitrogens with zero attached hydrogens (tertiary/aromatic N) is 4. The maximum Gasteiger partial charge on any atom is 0.261 e. The van der Waals surface area contributed by atoms with Crippen molar-refractivity contribution in [2.45, 2.75) is 19.4 Å². The van der Waals surface area contributed by atoms with Crippen LogP contribution in [0.3, 0.4) is 0 Å². The number of ether oxygens (including phenoxy) is 1. The molecule has 1 atom stereocenters. The zero-order chi connectivity index (χ0) is 11.7. The maximum absolute atomic E-state index is 5.87. The predicted molar refractivity (Wildman–Crippen MR) is 59.7 cm³/mol. The molecule has 0 aromatic carbocycles. The van der Waals surface area contributed by atoms with Crippen LogP contribution in [0.4, 0.5) is 0 Å². The minimum atomic E-state index is 0.00494. The van der Waals surface area contributed by atoms with Crippen molar-refractivity contribution in [3.63, 3.8) is 0 Å². The van der Waals surface area contributed by atoms with Gasteiger partial charge in [-0.1, -0.05) is 11.6 Å². The number of hydrogen-bond donors (Lipinski definition) is 1. The van der Waals surface area contributed by atoms with Gasteiger partial charge in [0.1, 0.15) is 11.0 Å². The van der Waals surface area contributed by atoms with E-state index in [1.165, 1.54) is 7.11 Å². The van der Waals surface area contributed by atoms with E-state index in [4.69, 9.17) is 22.1 Å². The summed E-state index contributed by atoms with van der Waals surface area (Å²) in [7, 11) is 1.51. The van der Waals surface area contributed by atoms with E-state index in [2.05, 4.69) is 15.2 Å². The fourth-order valence-corrected chi connectivity index (χ4v) is 1.63. The lowest BCUT2D eigenvalue weighted by Crippen LogP contribution is -2.19. The summed E-state index contributed by atoms with van der Waals surface area (Å²) in [4.78, 5) is 4.00. The van der Waals surface area contributed by atoms with Crippen LogP contribution in [-0.2, 0) is 6.42 Å². The molecule has 7 heteroatoms. The van der Waals surface area contributed by atoms with Crippen LogP contribution in [0.2, 0.25) is 5.15 Å². The van der Waals surface area contributed by atoms with Gasteiger partial charge in [-0.25, -0.2) is 0 Å². The van der Waals surface area contributed by atoms with Crippen molar-refractivity contribution in [3.05, 3.63) is 17.2 Å². The molecule has 0 radical (unpaired) electrons. The summed E-state index contributed by atoms with van der Waals surface area (Å²) < 4.78 is 6.82. The Morgan fingerprint density at radius 2 is 2.31 bits per heavy atom. The molecule has 0 bridgehead atoms. The van der Waals surface area contributed by atoms with Gasteiger partial charge in [0, 0.05) is 18.7 Å². The average Bonchev–Trinajstić information content (AvgIpc) is 2.59. The van der Waals surface area contributed by atoms with Crippen molar-refractivity contribution in [1.29, 1.82) is 0 Å². The van der Waals surface area contributed by atoms with Crippen LogP contribution in [0.5, 0.6) is 5.88 Å². The Bertz CT molecular complexity index is 510. The first-order valence-electron chi connectivity index (χ1n) is 4.81. The molecule has 0 saturated heterocycles. The standard InChI is InChI=1S/C9H12ClN5O/c1-5(11)3-7-13-14-8-9(16-2)12-6(10)4-15(7)8/h4-5H,3,11H2,1-2H3. The van der Waals surface area contributed by atoms with Gasteiger partial charge >= 0.3 is 0 Å². The van der Waals surface area contributed by atoms with Gasteiger partial charge in [0.15, 0.2) is 0 Å². The summed E-state index contributed by atoms with van der Waals surface area (Å²) in [6, 6.07) is 0.00494. The topological polar surface area (TPSA) is 78.3 Å². The number of aromatic nitrogens is 4. The fourth-order valence-electron chi connectivity index (χ4n) is 1.45. The Kier molecular flexibility index (Phi) is 2.93. The average molecular weight is 242 g/mol. The van der Waals surface area contributed by atoms with Crippen LogP contribution < -0.4 is 10.5 Å². The smallest absolute Gasteiger partial charge is 0.261 e. The highest BCUT2D eigenvalue weighted by atomic mass is 35.5. The molecule has 1 unspecified atom stereocenters. The zero-order valence-corrected chi connectivity index (χ0v) is 9.77. The van der Waals surface area contributed by atoms with Gasteiger partial charge in [-0.05, 0) is 6.92 Å². The third-order valence-corrected chi connectivity index (χ3v) is 2.28. The quantitative estimate of drug-likeness (QED) is 0.855. The predicted octanol–water partition coefficient (Wildman–Crippen LogP) is 0.676. The summed E-state index contributed by atoms with van der Waals surface area (Å²) in [6.45, 7) is 1.90. The zero-order valence-electron chi connectivity index (χ0n) is 9.01. The maximum atomic E-state index is 5.87. The van der Waals surface area contributed by atoms with Crippen LogP contribution in [0.25, 0.3) is 5.65 Å². The van der Waals surface area contributed by atoms with E-state index in [-0.39, 0.29) is 6.04 Å². The lowest BCUT2D eigenvalue weighted by Gasteiger charge is -2.05. The van der Waals surface area contributed by atoms with Gasteiger partial charge in [-0.3, -0.25) is 4.40 Å². The normalized spacial score (nSPS) is 13.0. The fraction of sp³-hybridized carbons (Fsp3) is 0.444. The van der Waals surface area contributed by atoms with Crippen LogP contribution in [0, 0.1) is 0 Å². The van der Waals surface area contributed by atoms with Gasteiger partial charge in [-0.2, -0.15) is 4.98 Å². The van der Waals surface area contributed by atoms with Crippen molar-refractivity contribution in [2.75, 3.05) is 7.11 Å². The highest BCUT2D eigenvalue weighted by Gasteiger charge is 2.13.